The van der Waals surface area contributed by atoms with Gasteiger partial charge in [-0.25, -0.2) is 23.4 Å². The highest BCUT2D eigenvalue weighted by atomic mass is 32.1. The summed E-state index contributed by atoms with van der Waals surface area (Å²) in [5.41, 5.74) is 2.47. The van der Waals surface area contributed by atoms with Gasteiger partial charge in [-0.15, -0.1) is 0 Å². The molecule has 10 heteroatoms. The van der Waals surface area contributed by atoms with Gasteiger partial charge in [-0.3, -0.25) is 4.79 Å². The Morgan fingerprint density at radius 3 is 2.59 bits per heavy atom. The number of hydrogen-bond acceptors (Lipinski definition) is 6. The van der Waals surface area contributed by atoms with E-state index in [4.69, 9.17) is 0 Å². The average molecular weight is 455 g/mol. The lowest BCUT2D eigenvalue weighted by molar-refractivity contribution is 0.0745. The van der Waals surface area contributed by atoms with Gasteiger partial charge < -0.3 is 9.80 Å². The number of nitrogens with zero attached hydrogens (tertiary/aromatic N) is 6. The molecule has 1 amide bonds. The normalized spacial score (nSPS) is 14.4. The lowest BCUT2D eigenvalue weighted by Gasteiger charge is -2.34. The number of piperazine rings is 1. The minimum absolute atomic E-state index is 0.111. The minimum Gasteiger partial charge on any atom is -0.344 e. The van der Waals surface area contributed by atoms with E-state index < -0.39 is 11.6 Å². The van der Waals surface area contributed by atoms with Gasteiger partial charge in [-0.05, 0) is 38.1 Å². The number of rotatable bonds is 3. The van der Waals surface area contributed by atoms with Gasteiger partial charge >= 0.3 is 0 Å². The number of thiazole rings is 1. The number of amides is 1. The molecule has 7 nitrogen and oxygen atoms in total. The molecular weight excluding hydrogens is 434 g/mol. The third-order valence-corrected chi connectivity index (χ3v) is 6.68. The Kier molecular flexibility index (Phi) is 5.09. The van der Waals surface area contributed by atoms with E-state index >= 15 is 0 Å². The molecule has 0 unspecified atom stereocenters. The lowest BCUT2D eigenvalue weighted by atomic mass is 10.1. The molecule has 1 aliphatic rings. The number of fused-ring (bicyclic) bond motifs is 1. The Labute approximate surface area is 186 Å². The van der Waals surface area contributed by atoms with Gasteiger partial charge in [0.05, 0.1) is 17.0 Å². The molecule has 0 radical (unpaired) electrons. The van der Waals surface area contributed by atoms with Crippen molar-refractivity contribution >= 4 is 32.7 Å². The van der Waals surface area contributed by atoms with Crippen molar-refractivity contribution in [3.63, 3.8) is 0 Å². The van der Waals surface area contributed by atoms with E-state index in [1.54, 1.807) is 36.3 Å². The van der Waals surface area contributed by atoms with E-state index in [1.807, 2.05) is 12.1 Å². The molecule has 5 rings (SSSR count). The largest absolute Gasteiger partial charge is 0.344 e. The van der Waals surface area contributed by atoms with Crippen LogP contribution in [0.2, 0.25) is 0 Å². The molecule has 1 aromatic carbocycles. The van der Waals surface area contributed by atoms with E-state index in [-0.39, 0.29) is 11.6 Å². The van der Waals surface area contributed by atoms with Gasteiger partial charge in [0.2, 0.25) is 0 Å². The number of benzene rings is 1. The molecule has 0 bridgehead atoms. The maximum Gasteiger partial charge on any atom is 0.257 e. The summed E-state index contributed by atoms with van der Waals surface area (Å²) in [5, 5.41) is 5.26. The molecule has 0 aliphatic carbocycles. The summed E-state index contributed by atoms with van der Waals surface area (Å²) < 4.78 is 28.9. The first-order valence-corrected chi connectivity index (χ1v) is 11.0. The van der Waals surface area contributed by atoms with E-state index in [2.05, 4.69) is 20.0 Å². The molecular formula is C22H20F2N6OS. The maximum atomic E-state index is 14.3. The van der Waals surface area contributed by atoms with Crippen molar-refractivity contribution in [2.75, 3.05) is 31.1 Å². The molecule has 1 aliphatic heterocycles. The SMILES string of the molecule is Cc1nn(-c2ccc(F)cc2F)c(C)c1C(=O)N1CCN(c2nc3cccnc3s2)CC1. The Morgan fingerprint density at radius 1 is 1.09 bits per heavy atom. The Hall–Kier alpha value is -3.40. The molecule has 32 heavy (non-hydrogen) atoms. The fraction of sp³-hybridized carbons (Fsp3) is 0.273. The zero-order valence-corrected chi connectivity index (χ0v) is 18.4. The molecule has 164 valence electrons. The summed E-state index contributed by atoms with van der Waals surface area (Å²) in [6.45, 7) is 5.84. The van der Waals surface area contributed by atoms with Crippen LogP contribution in [0.4, 0.5) is 13.9 Å². The van der Waals surface area contributed by atoms with Crippen molar-refractivity contribution in [3.05, 3.63) is 65.1 Å². The number of aryl methyl sites for hydroxylation is 1. The second-order valence-corrected chi connectivity index (χ2v) is 8.61. The smallest absolute Gasteiger partial charge is 0.257 e. The molecule has 4 heterocycles. The van der Waals surface area contributed by atoms with Gasteiger partial charge in [0.25, 0.3) is 5.91 Å². The molecule has 1 fully saturated rings. The molecule has 0 atom stereocenters. The van der Waals surface area contributed by atoms with Crippen LogP contribution in [0.5, 0.6) is 0 Å². The van der Waals surface area contributed by atoms with Crippen LogP contribution in [0.1, 0.15) is 21.7 Å². The Balaban J connectivity index is 1.34. The standard InChI is InChI=1S/C22H20F2N6OS/c1-13-19(14(2)30(27-13)18-6-5-15(23)12-16(18)24)21(31)28-8-10-29(11-9-28)22-26-17-4-3-7-25-20(17)32-22/h3-7,12H,8-11H2,1-2H3. The van der Waals surface area contributed by atoms with E-state index in [1.165, 1.54) is 16.8 Å². The average Bonchev–Trinajstić information content (AvgIpc) is 3.34. The molecule has 3 aromatic heterocycles. The van der Waals surface area contributed by atoms with Crippen LogP contribution in [0.3, 0.4) is 0 Å². The van der Waals surface area contributed by atoms with Gasteiger partial charge in [0, 0.05) is 38.4 Å². The van der Waals surface area contributed by atoms with Crippen molar-refractivity contribution in [1.82, 2.24) is 24.6 Å². The summed E-state index contributed by atoms with van der Waals surface area (Å²) in [4.78, 5) is 27.1. The topological polar surface area (TPSA) is 67.2 Å². The van der Waals surface area contributed by atoms with Crippen LogP contribution in [-0.2, 0) is 0 Å². The molecule has 0 saturated carbocycles. The number of hydrogen-bond donors (Lipinski definition) is 0. The fourth-order valence-corrected chi connectivity index (χ4v) is 4.95. The van der Waals surface area contributed by atoms with Crippen LogP contribution < -0.4 is 4.90 Å². The van der Waals surface area contributed by atoms with Crippen LogP contribution in [0, 0.1) is 25.5 Å². The summed E-state index contributed by atoms with van der Waals surface area (Å²) in [6.07, 6.45) is 1.75. The van der Waals surface area contributed by atoms with Crippen molar-refractivity contribution in [2.24, 2.45) is 0 Å². The predicted molar refractivity (Wildman–Crippen MR) is 118 cm³/mol. The molecule has 4 aromatic rings. The minimum atomic E-state index is -0.728. The third kappa shape index (κ3) is 3.50. The van der Waals surface area contributed by atoms with Crippen LogP contribution in [0.25, 0.3) is 16.0 Å². The van der Waals surface area contributed by atoms with Crippen molar-refractivity contribution < 1.29 is 13.6 Å². The second kappa shape index (κ2) is 7.94. The molecule has 0 spiro atoms. The monoisotopic (exact) mass is 454 g/mol. The highest BCUT2D eigenvalue weighted by Crippen LogP contribution is 2.28. The zero-order chi connectivity index (χ0) is 22.4. The van der Waals surface area contributed by atoms with Crippen LogP contribution >= 0.6 is 11.3 Å². The number of carbonyl (C=O) groups excluding carboxylic acids is 1. The van der Waals surface area contributed by atoms with Crippen molar-refractivity contribution in [1.29, 1.82) is 0 Å². The maximum absolute atomic E-state index is 14.3. The highest BCUT2D eigenvalue weighted by Gasteiger charge is 2.28. The fourth-order valence-electron chi connectivity index (χ4n) is 3.99. The van der Waals surface area contributed by atoms with E-state index in [0.29, 0.717) is 43.1 Å². The Morgan fingerprint density at radius 2 is 1.88 bits per heavy atom. The molecule has 1 saturated heterocycles. The first-order chi connectivity index (χ1) is 15.4. The van der Waals surface area contributed by atoms with Gasteiger partial charge in [0.1, 0.15) is 21.9 Å². The van der Waals surface area contributed by atoms with Crippen molar-refractivity contribution in [2.45, 2.75) is 13.8 Å². The summed E-state index contributed by atoms with van der Waals surface area (Å²) in [6, 6.07) is 7.11. The van der Waals surface area contributed by atoms with Gasteiger partial charge in [-0.2, -0.15) is 5.10 Å². The number of carbonyl (C=O) groups is 1. The first-order valence-electron chi connectivity index (χ1n) is 10.2. The van der Waals surface area contributed by atoms with Crippen molar-refractivity contribution in [3.8, 4) is 5.69 Å². The number of pyridine rings is 1. The summed E-state index contributed by atoms with van der Waals surface area (Å²) >= 11 is 1.54. The van der Waals surface area contributed by atoms with E-state index in [9.17, 15) is 13.6 Å². The number of anilines is 1. The number of halogens is 2. The predicted octanol–water partition coefficient (Wildman–Crippen LogP) is 3.73. The molecule has 0 N–H and O–H groups in total. The van der Waals surface area contributed by atoms with Gasteiger partial charge in [0.15, 0.2) is 10.9 Å². The Bertz CT molecular complexity index is 1290. The quantitative estimate of drug-likeness (QED) is 0.472. The lowest BCUT2D eigenvalue weighted by Crippen LogP contribution is -2.49. The van der Waals surface area contributed by atoms with Crippen LogP contribution in [0.15, 0.2) is 36.5 Å². The summed E-state index contributed by atoms with van der Waals surface area (Å²) in [7, 11) is 0. The third-order valence-electron chi connectivity index (χ3n) is 5.64. The second-order valence-electron chi connectivity index (χ2n) is 7.66. The van der Waals surface area contributed by atoms with Gasteiger partial charge in [-0.1, -0.05) is 11.3 Å². The first kappa shape index (κ1) is 20.5. The highest BCUT2D eigenvalue weighted by molar-refractivity contribution is 7.21. The zero-order valence-electron chi connectivity index (χ0n) is 17.5. The van der Waals surface area contributed by atoms with Crippen LogP contribution in [-0.4, -0.2) is 56.7 Å². The summed E-state index contributed by atoms with van der Waals surface area (Å²) in [5.74, 6) is -1.53. The number of aromatic nitrogens is 4. The van der Waals surface area contributed by atoms with E-state index in [0.717, 1.165) is 21.5 Å².